The normalized spacial score (nSPS) is 29.7. The van der Waals surface area contributed by atoms with Crippen molar-refractivity contribution in [2.45, 2.75) is 38.3 Å². The highest BCUT2D eigenvalue weighted by Gasteiger charge is 2.39. The zero-order valence-corrected chi connectivity index (χ0v) is 9.86. The number of rotatable bonds is 3. The Labute approximate surface area is 99.7 Å². The summed E-state index contributed by atoms with van der Waals surface area (Å²) in [7, 11) is 0. The molecule has 2 saturated heterocycles. The zero-order chi connectivity index (χ0) is 12.4. The Morgan fingerprint density at radius 2 is 2.12 bits per heavy atom. The van der Waals surface area contributed by atoms with Crippen LogP contribution in [0.5, 0.6) is 0 Å². The number of hydrogen-bond acceptors (Lipinski definition) is 4. The van der Waals surface area contributed by atoms with Crippen molar-refractivity contribution < 1.29 is 14.4 Å². The molecule has 2 rings (SSSR count). The van der Waals surface area contributed by atoms with Gasteiger partial charge in [0.25, 0.3) is 0 Å². The second-order valence-corrected chi connectivity index (χ2v) is 4.39. The number of likely N-dealkylation sites (N-methyl/N-ethyl adjacent to an activating group) is 1. The van der Waals surface area contributed by atoms with Crippen molar-refractivity contribution in [3.05, 3.63) is 0 Å². The molecule has 2 N–H and O–H groups in total. The first kappa shape index (κ1) is 12.0. The summed E-state index contributed by atoms with van der Waals surface area (Å²) in [6.07, 6.45) is 1.78. The molecule has 6 nitrogen and oxygen atoms in total. The van der Waals surface area contributed by atoms with Crippen LogP contribution in [0.1, 0.15) is 26.2 Å². The molecule has 2 unspecified atom stereocenters. The van der Waals surface area contributed by atoms with Crippen molar-refractivity contribution in [1.82, 2.24) is 15.5 Å². The number of imide groups is 1. The molecule has 2 aliphatic heterocycles. The van der Waals surface area contributed by atoms with Gasteiger partial charge in [-0.2, -0.15) is 0 Å². The summed E-state index contributed by atoms with van der Waals surface area (Å²) in [6.45, 7) is 2.86. The zero-order valence-electron chi connectivity index (χ0n) is 9.86. The first-order valence-corrected chi connectivity index (χ1v) is 6.01. The number of hydrogen-bond donors (Lipinski definition) is 2. The van der Waals surface area contributed by atoms with Crippen molar-refractivity contribution in [3.63, 3.8) is 0 Å². The van der Waals surface area contributed by atoms with E-state index in [0.29, 0.717) is 13.1 Å². The highest BCUT2D eigenvalue weighted by atomic mass is 16.2. The molecule has 2 heterocycles. The molecule has 2 fully saturated rings. The molecule has 17 heavy (non-hydrogen) atoms. The molecule has 0 bridgehead atoms. The monoisotopic (exact) mass is 239 g/mol. The van der Waals surface area contributed by atoms with Crippen LogP contribution < -0.4 is 10.6 Å². The summed E-state index contributed by atoms with van der Waals surface area (Å²) in [6, 6.07) is -0.876. The quantitative estimate of drug-likeness (QED) is 0.619. The number of piperidine rings is 1. The number of nitrogens with zero attached hydrogens (tertiary/aromatic N) is 1. The van der Waals surface area contributed by atoms with Crippen LogP contribution in [-0.2, 0) is 14.4 Å². The lowest BCUT2D eigenvalue weighted by atomic mass is 10.1. The summed E-state index contributed by atoms with van der Waals surface area (Å²) in [5.74, 6) is -0.450. The van der Waals surface area contributed by atoms with Gasteiger partial charge >= 0.3 is 0 Å². The summed E-state index contributed by atoms with van der Waals surface area (Å²) < 4.78 is 0. The molecule has 0 radical (unpaired) electrons. The topological polar surface area (TPSA) is 78.5 Å². The Kier molecular flexibility index (Phi) is 3.42. The van der Waals surface area contributed by atoms with Crippen molar-refractivity contribution in [2.75, 3.05) is 13.1 Å². The number of nitrogens with one attached hydrogen (secondary N) is 2. The van der Waals surface area contributed by atoms with E-state index >= 15 is 0 Å². The minimum Gasteiger partial charge on any atom is -0.355 e. The number of carbonyl (C=O) groups is 3. The van der Waals surface area contributed by atoms with Crippen LogP contribution in [0.2, 0.25) is 0 Å². The Morgan fingerprint density at radius 1 is 1.35 bits per heavy atom. The van der Waals surface area contributed by atoms with Crippen molar-refractivity contribution >= 4 is 17.7 Å². The van der Waals surface area contributed by atoms with Gasteiger partial charge in [0.2, 0.25) is 17.7 Å². The lowest BCUT2D eigenvalue weighted by Crippen LogP contribution is -2.53. The molecule has 0 aliphatic carbocycles. The van der Waals surface area contributed by atoms with E-state index in [1.54, 1.807) is 6.92 Å². The van der Waals surface area contributed by atoms with Gasteiger partial charge in [-0.15, -0.1) is 0 Å². The second kappa shape index (κ2) is 4.83. The third-order valence-corrected chi connectivity index (χ3v) is 3.25. The molecule has 0 saturated carbocycles. The SMILES string of the molecule is CCN1C(=O)CC(NC2CCCNC2=O)C1=O. The highest BCUT2D eigenvalue weighted by molar-refractivity contribution is 6.05. The molecule has 6 heteroatoms. The van der Waals surface area contributed by atoms with Gasteiger partial charge in [-0.25, -0.2) is 0 Å². The summed E-state index contributed by atoms with van der Waals surface area (Å²) in [5.41, 5.74) is 0. The molecular formula is C11H17N3O3. The van der Waals surface area contributed by atoms with Gasteiger partial charge in [0.1, 0.15) is 0 Å². The van der Waals surface area contributed by atoms with E-state index in [0.717, 1.165) is 12.8 Å². The predicted octanol–water partition coefficient (Wildman–Crippen LogP) is -0.998. The maximum absolute atomic E-state index is 11.8. The minimum absolute atomic E-state index is 0.0774. The summed E-state index contributed by atoms with van der Waals surface area (Å²) in [5, 5.41) is 5.73. The molecule has 3 amide bonds. The number of amides is 3. The van der Waals surface area contributed by atoms with Gasteiger partial charge in [0, 0.05) is 13.1 Å². The average Bonchev–Trinajstić information content (AvgIpc) is 2.57. The number of carbonyl (C=O) groups excluding carboxylic acids is 3. The molecule has 0 spiro atoms. The van der Waals surface area contributed by atoms with E-state index in [1.807, 2.05) is 0 Å². The fourth-order valence-corrected chi connectivity index (χ4v) is 2.32. The van der Waals surface area contributed by atoms with Crippen LogP contribution in [0, 0.1) is 0 Å². The van der Waals surface area contributed by atoms with E-state index < -0.39 is 6.04 Å². The van der Waals surface area contributed by atoms with Gasteiger partial charge in [0.15, 0.2) is 0 Å². The van der Waals surface area contributed by atoms with Crippen LogP contribution in [0.4, 0.5) is 0 Å². The molecule has 0 aromatic carbocycles. The molecule has 0 aromatic rings. The van der Waals surface area contributed by atoms with E-state index in [4.69, 9.17) is 0 Å². The second-order valence-electron chi connectivity index (χ2n) is 4.39. The van der Waals surface area contributed by atoms with Gasteiger partial charge < -0.3 is 5.32 Å². The lowest BCUT2D eigenvalue weighted by Gasteiger charge is -2.25. The number of likely N-dealkylation sites (tertiary alicyclic amines) is 1. The Balaban J connectivity index is 1.98. The Morgan fingerprint density at radius 3 is 2.71 bits per heavy atom. The fourth-order valence-electron chi connectivity index (χ4n) is 2.32. The first-order chi connectivity index (χ1) is 8.13. The minimum atomic E-state index is -0.531. The Bertz CT molecular complexity index is 356. The average molecular weight is 239 g/mol. The van der Waals surface area contributed by atoms with Crippen LogP contribution in [0.3, 0.4) is 0 Å². The van der Waals surface area contributed by atoms with E-state index in [9.17, 15) is 14.4 Å². The van der Waals surface area contributed by atoms with E-state index in [-0.39, 0.29) is 30.2 Å². The van der Waals surface area contributed by atoms with Crippen molar-refractivity contribution in [1.29, 1.82) is 0 Å². The third kappa shape index (κ3) is 2.31. The lowest BCUT2D eigenvalue weighted by molar-refractivity contribution is -0.138. The van der Waals surface area contributed by atoms with Crippen molar-refractivity contribution in [3.8, 4) is 0 Å². The molecule has 0 aromatic heterocycles. The third-order valence-electron chi connectivity index (χ3n) is 3.25. The van der Waals surface area contributed by atoms with Crippen LogP contribution >= 0.6 is 0 Å². The maximum atomic E-state index is 11.8. The van der Waals surface area contributed by atoms with E-state index in [2.05, 4.69) is 10.6 Å². The van der Waals surface area contributed by atoms with Gasteiger partial charge in [-0.05, 0) is 19.8 Å². The first-order valence-electron chi connectivity index (χ1n) is 6.01. The molecule has 94 valence electrons. The smallest absolute Gasteiger partial charge is 0.246 e. The van der Waals surface area contributed by atoms with Gasteiger partial charge in [-0.1, -0.05) is 0 Å². The fraction of sp³-hybridized carbons (Fsp3) is 0.727. The largest absolute Gasteiger partial charge is 0.355 e. The highest BCUT2D eigenvalue weighted by Crippen LogP contribution is 2.14. The van der Waals surface area contributed by atoms with Crippen LogP contribution in [-0.4, -0.2) is 47.8 Å². The van der Waals surface area contributed by atoms with E-state index in [1.165, 1.54) is 4.90 Å². The molecule has 2 atom stereocenters. The Hall–Kier alpha value is -1.43. The van der Waals surface area contributed by atoms with Gasteiger partial charge in [-0.3, -0.25) is 24.6 Å². The molecule has 2 aliphatic rings. The predicted molar refractivity (Wildman–Crippen MR) is 60.0 cm³/mol. The van der Waals surface area contributed by atoms with Gasteiger partial charge in [0.05, 0.1) is 18.5 Å². The molecular weight excluding hydrogens is 222 g/mol. The maximum Gasteiger partial charge on any atom is 0.246 e. The standard InChI is InChI=1S/C11H17N3O3/c1-2-14-9(15)6-8(11(14)17)13-7-4-3-5-12-10(7)16/h7-8,13H,2-6H2,1H3,(H,12,16). The van der Waals surface area contributed by atoms with Crippen molar-refractivity contribution in [2.24, 2.45) is 0 Å². The van der Waals surface area contributed by atoms with Crippen LogP contribution in [0.25, 0.3) is 0 Å². The summed E-state index contributed by atoms with van der Waals surface area (Å²) >= 11 is 0. The van der Waals surface area contributed by atoms with Crippen LogP contribution in [0.15, 0.2) is 0 Å². The summed E-state index contributed by atoms with van der Waals surface area (Å²) in [4.78, 5) is 36.1.